The molecule has 0 fully saturated rings. The lowest BCUT2D eigenvalue weighted by Crippen LogP contribution is -2.38. The van der Waals surface area contributed by atoms with Crippen molar-refractivity contribution >= 4 is 33.3 Å². The molecule has 190 valence electrons. The lowest BCUT2D eigenvalue weighted by molar-refractivity contribution is -0.114. The molecule has 1 amide bonds. The average Bonchev–Trinajstić information content (AvgIpc) is 2.87. The highest BCUT2D eigenvalue weighted by Gasteiger charge is 2.30. The largest absolute Gasteiger partial charge is 0.493 e. The van der Waals surface area contributed by atoms with Gasteiger partial charge in [-0.15, -0.1) is 0 Å². The Morgan fingerprint density at radius 3 is 2.28 bits per heavy atom. The van der Waals surface area contributed by atoms with Gasteiger partial charge >= 0.3 is 5.97 Å². The quantitative estimate of drug-likeness (QED) is 0.408. The lowest BCUT2D eigenvalue weighted by Gasteiger charge is -2.25. The first kappa shape index (κ1) is 26.5. The van der Waals surface area contributed by atoms with E-state index in [2.05, 4.69) is 5.32 Å². The van der Waals surface area contributed by atoms with E-state index >= 15 is 0 Å². The van der Waals surface area contributed by atoms with E-state index < -0.39 is 34.3 Å². The van der Waals surface area contributed by atoms with Gasteiger partial charge in [0.05, 0.1) is 42.7 Å². The number of amides is 1. The molecule has 0 aromatic heterocycles. The van der Waals surface area contributed by atoms with Crippen LogP contribution in [0.2, 0.25) is 0 Å². The van der Waals surface area contributed by atoms with Crippen LogP contribution < -0.4 is 19.1 Å². The summed E-state index contributed by atoms with van der Waals surface area (Å²) >= 11 is 0. The van der Waals surface area contributed by atoms with E-state index in [0.717, 1.165) is 6.07 Å². The molecule has 0 bridgehead atoms. The zero-order valence-corrected chi connectivity index (χ0v) is 20.7. The molecule has 0 saturated carbocycles. The van der Waals surface area contributed by atoms with Gasteiger partial charge < -0.3 is 19.5 Å². The Kier molecular flexibility index (Phi) is 8.49. The van der Waals surface area contributed by atoms with E-state index in [1.165, 1.54) is 62.8 Å². The SMILES string of the molecule is CCOC(=O)c1ccccc1NC(=O)CN(c1ccccc1F)S(=O)(=O)c1ccc(OC)c(OC)c1. The van der Waals surface area contributed by atoms with Crippen molar-refractivity contribution in [2.45, 2.75) is 11.8 Å². The summed E-state index contributed by atoms with van der Waals surface area (Å²) in [6.45, 7) is 0.991. The van der Waals surface area contributed by atoms with Crippen LogP contribution in [0.25, 0.3) is 0 Å². The topological polar surface area (TPSA) is 111 Å². The molecule has 0 heterocycles. The Morgan fingerprint density at radius 1 is 0.944 bits per heavy atom. The summed E-state index contributed by atoms with van der Waals surface area (Å²) in [6.07, 6.45) is 0. The van der Waals surface area contributed by atoms with Gasteiger partial charge in [0.15, 0.2) is 11.5 Å². The summed E-state index contributed by atoms with van der Waals surface area (Å²) in [7, 11) is -1.71. The fourth-order valence-electron chi connectivity index (χ4n) is 3.36. The minimum absolute atomic E-state index is 0.0906. The highest BCUT2D eigenvalue weighted by Crippen LogP contribution is 2.33. The van der Waals surface area contributed by atoms with Gasteiger partial charge in [0.25, 0.3) is 10.0 Å². The predicted octanol–water partition coefficient (Wildman–Crippen LogP) is 3.85. The Balaban J connectivity index is 2.00. The number of rotatable bonds is 10. The van der Waals surface area contributed by atoms with Gasteiger partial charge in [0.2, 0.25) is 5.91 Å². The zero-order chi connectivity index (χ0) is 26.3. The van der Waals surface area contributed by atoms with Gasteiger partial charge in [0, 0.05) is 6.07 Å². The first-order chi connectivity index (χ1) is 17.2. The number of para-hydroxylation sites is 2. The highest BCUT2D eigenvalue weighted by molar-refractivity contribution is 7.92. The number of nitrogens with one attached hydrogen (secondary N) is 1. The fourth-order valence-corrected chi connectivity index (χ4v) is 4.80. The molecule has 0 atom stereocenters. The molecule has 1 N–H and O–H groups in total. The van der Waals surface area contributed by atoms with Crippen LogP contribution in [0.5, 0.6) is 11.5 Å². The Morgan fingerprint density at radius 2 is 1.61 bits per heavy atom. The number of esters is 1. The molecule has 11 heteroatoms. The number of hydrogen-bond donors (Lipinski definition) is 1. The molecule has 36 heavy (non-hydrogen) atoms. The van der Waals surface area contributed by atoms with Gasteiger partial charge in [-0.25, -0.2) is 17.6 Å². The van der Waals surface area contributed by atoms with Crippen molar-refractivity contribution in [1.82, 2.24) is 0 Å². The van der Waals surface area contributed by atoms with Gasteiger partial charge in [-0.05, 0) is 43.3 Å². The van der Waals surface area contributed by atoms with Crippen molar-refractivity contribution in [1.29, 1.82) is 0 Å². The van der Waals surface area contributed by atoms with Crippen molar-refractivity contribution in [3.63, 3.8) is 0 Å². The maximum absolute atomic E-state index is 14.7. The van der Waals surface area contributed by atoms with Crippen LogP contribution in [0.15, 0.2) is 71.6 Å². The molecule has 0 unspecified atom stereocenters. The number of methoxy groups -OCH3 is 2. The number of halogens is 1. The summed E-state index contributed by atoms with van der Waals surface area (Å²) in [5.41, 5.74) is -0.119. The molecule has 0 aliphatic carbocycles. The molecular formula is C25H25FN2O7S. The summed E-state index contributed by atoms with van der Waals surface area (Å²) in [6, 6.07) is 15.2. The Bertz CT molecular complexity index is 1360. The van der Waals surface area contributed by atoms with E-state index in [1.807, 2.05) is 0 Å². The van der Waals surface area contributed by atoms with Crippen molar-refractivity contribution in [2.24, 2.45) is 0 Å². The van der Waals surface area contributed by atoms with Crippen molar-refractivity contribution in [2.75, 3.05) is 37.0 Å². The van der Waals surface area contributed by atoms with E-state index in [1.54, 1.807) is 19.1 Å². The maximum atomic E-state index is 14.7. The molecule has 0 saturated heterocycles. The molecule has 3 rings (SSSR count). The monoisotopic (exact) mass is 516 g/mol. The molecule has 0 radical (unpaired) electrons. The molecular weight excluding hydrogens is 491 g/mol. The van der Waals surface area contributed by atoms with Gasteiger partial charge in [-0.1, -0.05) is 24.3 Å². The number of ether oxygens (including phenoxy) is 3. The summed E-state index contributed by atoms with van der Waals surface area (Å²) in [4.78, 5) is 25.0. The first-order valence-electron chi connectivity index (χ1n) is 10.8. The van der Waals surface area contributed by atoms with Crippen LogP contribution in [0.3, 0.4) is 0 Å². The third kappa shape index (κ3) is 5.74. The van der Waals surface area contributed by atoms with E-state index in [9.17, 15) is 22.4 Å². The molecule has 9 nitrogen and oxygen atoms in total. The van der Waals surface area contributed by atoms with Crippen molar-refractivity contribution in [3.8, 4) is 11.5 Å². The molecule has 0 aliphatic rings. The maximum Gasteiger partial charge on any atom is 0.340 e. The van der Waals surface area contributed by atoms with Crippen LogP contribution in [-0.4, -0.2) is 47.7 Å². The van der Waals surface area contributed by atoms with Crippen LogP contribution in [0.1, 0.15) is 17.3 Å². The summed E-state index contributed by atoms with van der Waals surface area (Å²) in [5, 5.41) is 2.52. The lowest BCUT2D eigenvalue weighted by atomic mass is 10.2. The number of nitrogens with zero attached hydrogens (tertiary/aromatic N) is 1. The number of sulfonamides is 1. The molecule has 3 aromatic carbocycles. The second-order valence-corrected chi connectivity index (χ2v) is 9.16. The minimum Gasteiger partial charge on any atom is -0.493 e. The van der Waals surface area contributed by atoms with Gasteiger partial charge in [0.1, 0.15) is 12.4 Å². The number of carbonyl (C=O) groups excluding carboxylic acids is 2. The highest BCUT2D eigenvalue weighted by atomic mass is 32.2. The van der Waals surface area contributed by atoms with Crippen molar-refractivity contribution < 1.29 is 36.6 Å². The number of hydrogen-bond acceptors (Lipinski definition) is 7. The Hall–Kier alpha value is -4.12. The van der Waals surface area contributed by atoms with Gasteiger partial charge in [-0.2, -0.15) is 0 Å². The fraction of sp³-hybridized carbons (Fsp3) is 0.200. The van der Waals surface area contributed by atoms with E-state index in [4.69, 9.17) is 14.2 Å². The Labute approximate surface area is 208 Å². The molecule has 0 spiro atoms. The third-order valence-electron chi connectivity index (χ3n) is 5.05. The molecule has 3 aromatic rings. The van der Waals surface area contributed by atoms with E-state index in [-0.39, 0.29) is 34.2 Å². The van der Waals surface area contributed by atoms with Gasteiger partial charge in [-0.3, -0.25) is 9.10 Å². The second-order valence-electron chi connectivity index (χ2n) is 7.29. The standard InChI is InChI=1S/C25H25FN2O7S/c1-4-35-25(30)18-9-5-7-11-20(18)27-24(29)16-28(21-12-8-6-10-19(21)26)36(31,32)17-13-14-22(33-2)23(15-17)34-3/h5-15H,4,16H2,1-3H3,(H,27,29). The summed E-state index contributed by atoms with van der Waals surface area (Å²) < 4.78 is 57.9. The average molecular weight is 517 g/mol. The normalized spacial score (nSPS) is 10.9. The van der Waals surface area contributed by atoms with Crippen LogP contribution in [-0.2, 0) is 19.6 Å². The second kappa shape index (κ2) is 11.5. The smallest absolute Gasteiger partial charge is 0.340 e. The predicted molar refractivity (Wildman–Crippen MR) is 132 cm³/mol. The third-order valence-corrected chi connectivity index (χ3v) is 6.80. The van der Waals surface area contributed by atoms with Crippen LogP contribution in [0.4, 0.5) is 15.8 Å². The van der Waals surface area contributed by atoms with Crippen LogP contribution >= 0.6 is 0 Å². The minimum atomic E-state index is -4.45. The first-order valence-corrected chi connectivity index (χ1v) is 12.2. The van der Waals surface area contributed by atoms with Crippen molar-refractivity contribution in [3.05, 3.63) is 78.1 Å². The van der Waals surface area contributed by atoms with E-state index in [0.29, 0.717) is 10.1 Å². The number of anilines is 2. The zero-order valence-electron chi connectivity index (χ0n) is 19.9. The number of benzene rings is 3. The van der Waals surface area contributed by atoms with Crippen LogP contribution in [0, 0.1) is 5.82 Å². The summed E-state index contributed by atoms with van der Waals surface area (Å²) in [5.74, 6) is -1.88. The molecule has 0 aliphatic heterocycles. The number of carbonyl (C=O) groups is 2.